The molecule has 1 N–H and O–H groups in total. The molecule has 0 radical (unpaired) electrons. The van der Waals surface area contributed by atoms with Crippen molar-refractivity contribution in [2.75, 3.05) is 24.7 Å². The number of nitrogens with zero attached hydrogens (tertiary/aromatic N) is 2. The average molecular weight is 257 g/mol. The minimum atomic E-state index is -0.0475. The van der Waals surface area contributed by atoms with Crippen LogP contribution in [-0.4, -0.2) is 34.8 Å². The van der Waals surface area contributed by atoms with Gasteiger partial charge in [-0.2, -0.15) is 16.7 Å². The quantitative estimate of drug-likeness (QED) is 0.870. The van der Waals surface area contributed by atoms with Crippen LogP contribution in [0.5, 0.6) is 0 Å². The van der Waals surface area contributed by atoms with Crippen LogP contribution in [0.1, 0.15) is 44.1 Å². The Labute approximate surface area is 106 Å². The van der Waals surface area contributed by atoms with E-state index in [1.165, 1.54) is 0 Å². The Balaban J connectivity index is 2.03. The predicted octanol–water partition coefficient (Wildman–Crippen LogP) is 1.93. The molecule has 1 aliphatic rings. The summed E-state index contributed by atoms with van der Waals surface area (Å²) in [7, 11) is 0. The molecule has 2 atom stereocenters. The Morgan fingerprint density at radius 3 is 3.12 bits per heavy atom. The fourth-order valence-electron chi connectivity index (χ4n) is 1.82. The molecule has 5 nitrogen and oxygen atoms in total. The monoisotopic (exact) mass is 257 g/mol. The van der Waals surface area contributed by atoms with Gasteiger partial charge >= 0.3 is 0 Å². The van der Waals surface area contributed by atoms with Gasteiger partial charge in [-0.25, -0.2) is 0 Å². The van der Waals surface area contributed by atoms with Crippen molar-refractivity contribution in [2.24, 2.45) is 0 Å². The third kappa shape index (κ3) is 3.20. The Morgan fingerprint density at radius 2 is 2.47 bits per heavy atom. The molecule has 0 aromatic carbocycles. The lowest BCUT2D eigenvalue weighted by atomic mass is 10.2. The van der Waals surface area contributed by atoms with Crippen LogP contribution in [0.25, 0.3) is 0 Å². The molecule has 0 saturated carbocycles. The van der Waals surface area contributed by atoms with Gasteiger partial charge in [0.2, 0.25) is 11.7 Å². The van der Waals surface area contributed by atoms with Crippen molar-refractivity contribution in [2.45, 2.75) is 32.4 Å². The van der Waals surface area contributed by atoms with Gasteiger partial charge < -0.3 is 14.6 Å². The lowest BCUT2D eigenvalue weighted by molar-refractivity contribution is 0.0518. The first-order chi connectivity index (χ1) is 8.35. The summed E-state index contributed by atoms with van der Waals surface area (Å²) in [6, 6.07) is 0.189. The van der Waals surface area contributed by atoms with E-state index in [1.807, 2.05) is 18.7 Å². The van der Waals surface area contributed by atoms with Crippen LogP contribution in [0.2, 0.25) is 0 Å². The summed E-state index contributed by atoms with van der Waals surface area (Å²) in [5.41, 5.74) is 0. The largest absolute Gasteiger partial charge is 0.370 e. The topological polar surface area (TPSA) is 60.2 Å². The van der Waals surface area contributed by atoms with Crippen LogP contribution in [0, 0.1) is 0 Å². The number of rotatable bonds is 5. The summed E-state index contributed by atoms with van der Waals surface area (Å²) in [5, 5.41) is 7.40. The second-order valence-corrected chi connectivity index (χ2v) is 5.07. The molecule has 17 heavy (non-hydrogen) atoms. The fraction of sp³-hybridized carbons (Fsp3) is 0.818. The Kier molecular flexibility index (Phi) is 4.82. The summed E-state index contributed by atoms with van der Waals surface area (Å²) >= 11 is 1.91. The maximum atomic E-state index is 5.57. The van der Waals surface area contributed by atoms with Gasteiger partial charge in [0, 0.05) is 24.7 Å². The van der Waals surface area contributed by atoms with Crippen LogP contribution in [0.3, 0.4) is 0 Å². The normalized spacial score (nSPS) is 22.6. The van der Waals surface area contributed by atoms with Crippen LogP contribution >= 0.6 is 11.8 Å². The van der Waals surface area contributed by atoms with E-state index in [1.54, 1.807) is 0 Å². The molecule has 2 heterocycles. The molecule has 2 unspecified atom stereocenters. The van der Waals surface area contributed by atoms with E-state index in [-0.39, 0.29) is 12.1 Å². The average Bonchev–Trinajstić information content (AvgIpc) is 2.86. The van der Waals surface area contributed by atoms with Crippen molar-refractivity contribution in [1.29, 1.82) is 0 Å². The highest BCUT2D eigenvalue weighted by Gasteiger charge is 2.23. The van der Waals surface area contributed by atoms with Gasteiger partial charge in [0.1, 0.15) is 6.10 Å². The summed E-state index contributed by atoms with van der Waals surface area (Å²) in [6.45, 7) is 5.70. The highest BCUT2D eigenvalue weighted by Crippen LogP contribution is 2.23. The van der Waals surface area contributed by atoms with Crippen molar-refractivity contribution in [3.05, 3.63) is 11.7 Å². The van der Waals surface area contributed by atoms with Gasteiger partial charge in [0.15, 0.2) is 0 Å². The second-order valence-electron chi connectivity index (χ2n) is 3.92. The number of aromatic nitrogens is 2. The summed E-state index contributed by atoms with van der Waals surface area (Å²) in [5.74, 6) is 3.49. The molecule has 0 amide bonds. The van der Waals surface area contributed by atoms with E-state index in [9.17, 15) is 0 Å². The van der Waals surface area contributed by atoms with E-state index >= 15 is 0 Å². The zero-order valence-corrected chi connectivity index (χ0v) is 11.1. The highest BCUT2D eigenvalue weighted by atomic mass is 32.2. The van der Waals surface area contributed by atoms with Gasteiger partial charge in [-0.1, -0.05) is 12.1 Å². The molecule has 1 fully saturated rings. The van der Waals surface area contributed by atoms with Crippen molar-refractivity contribution < 1.29 is 9.26 Å². The first-order valence-electron chi connectivity index (χ1n) is 6.11. The molecule has 1 aromatic rings. The van der Waals surface area contributed by atoms with Crippen LogP contribution in [0.4, 0.5) is 0 Å². The molecule has 0 bridgehead atoms. The van der Waals surface area contributed by atoms with E-state index in [0.717, 1.165) is 24.5 Å². The van der Waals surface area contributed by atoms with Crippen molar-refractivity contribution in [3.8, 4) is 0 Å². The predicted molar refractivity (Wildman–Crippen MR) is 67.0 cm³/mol. The molecule has 6 heteroatoms. The van der Waals surface area contributed by atoms with Gasteiger partial charge in [0.25, 0.3) is 0 Å². The standard InChI is InChI=1S/C11H19N3O2S/c1-3-9(15-4-2)10-13-11(16-14-10)8-7-17-6-5-12-8/h8-9,12H,3-7H2,1-2H3. The first-order valence-corrected chi connectivity index (χ1v) is 7.26. The maximum Gasteiger partial charge on any atom is 0.244 e. The first kappa shape index (κ1) is 12.9. The van der Waals surface area contributed by atoms with Crippen LogP contribution < -0.4 is 5.32 Å². The molecule has 0 aliphatic carbocycles. The zero-order chi connectivity index (χ0) is 12.1. The smallest absolute Gasteiger partial charge is 0.244 e. The number of hydrogen-bond acceptors (Lipinski definition) is 6. The van der Waals surface area contributed by atoms with Gasteiger partial charge in [-0.15, -0.1) is 0 Å². The third-order valence-corrected chi connectivity index (χ3v) is 3.77. The lowest BCUT2D eigenvalue weighted by Gasteiger charge is -2.19. The van der Waals surface area contributed by atoms with E-state index in [4.69, 9.17) is 9.26 Å². The minimum absolute atomic E-state index is 0.0475. The van der Waals surface area contributed by atoms with Gasteiger partial charge in [-0.05, 0) is 13.3 Å². The van der Waals surface area contributed by atoms with Crippen molar-refractivity contribution >= 4 is 11.8 Å². The van der Waals surface area contributed by atoms with Crippen LogP contribution in [0.15, 0.2) is 4.52 Å². The second kappa shape index (κ2) is 6.37. The van der Waals surface area contributed by atoms with E-state index in [0.29, 0.717) is 18.3 Å². The summed E-state index contributed by atoms with van der Waals surface area (Å²) < 4.78 is 10.9. The Morgan fingerprint density at radius 1 is 1.59 bits per heavy atom. The molecule has 0 spiro atoms. The summed E-state index contributed by atoms with van der Waals surface area (Å²) in [6.07, 6.45) is 0.813. The van der Waals surface area contributed by atoms with E-state index in [2.05, 4.69) is 22.4 Å². The number of hydrogen-bond donors (Lipinski definition) is 1. The SMILES string of the molecule is CCOC(CC)c1noc(C2CSCCN2)n1. The minimum Gasteiger partial charge on any atom is -0.370 e. The molecule has 1 saturated heterocycles. The molecule has 1 aliphatic heterocycles. The van der Waals surface area contributed by atoms with Crippen LogP contribution in [-0.2, 0) is 4.74 Å². The lowest BCUT2D eigenvalue weighted by Crippen LogP contribution is -2.30. The third-order valence-electron chi connectivity index (χ3n) is 2.70. The molecule has 2 rings (SSSR count). The van der Waals surface area contributed by atoms with Gasteiger partial charge in [0.05, 0.1) is 6.04 Å². The number of nitrogens with one attached hydrogen (secondary N) is 1. The summed E-state index contributed by atoms with van der Waals surface area (Å²) in [4.78, 5) is 4.45. The number of thioether (sulfide) groups is 1. The van der Waals surface area contributed by atoms with Gasteiger partial charge in [-0.3, -0.25) is 0 Å². The maximum absolute atomic E-state index is 5.57. The highest BCUT2D eigenvalue weighted by molar-refractivity contribution is 7.99. The Bertz CT molecular complexity index is 320. The molecular weight excluding hydrogens is 238 g/mol. The van der Waals surface area contributed by atoms with Crippen molar-refractivity contribution in [3.63, 3.8) is 0 Å². The number of ether oxygens (including phenoxy) is 1. The molecule has 1 aromatic heterocycles. The van der Waals surface area contributed by atoms with E-state index < -0.39 is 0 Å². The molecule has 96 valence electrons. The Hall–Kier alpha value is -0.590. The van der Waals surface area contributed by atoms with Crippen molar-refractivity contribution in [1.82, 2.24) is 15.5 Å². The fourth-order valence-corrected chi connectivity index (χ4v) is 2.74. The molecular formula is C11H19N3O2S. The zero-order valence-electron chi connectivity index (χ0n) is 10.3.